The lowest BCUT2D eigenvalue weighted by Crippen LogP contribution is -2.37. The summed E-state index contributed by atoms with van der Waals surface area (Å²) in [6, 6.07) is 38.4. The Kier molecular flexibility index (Phi) is 13.9. The van der Waals surface area contributed by atoms with E-state index in [-0.39, 0.29) is 30.5 Å². The molecule has 2 aliphatic carbocycles. The van der Waals surface area contributed by atoms with Crippen molar-refractivity contribution in [3.05, 3.63) is 161 Å². The van der Waals surface area contributed by atoms with E-state index in [1.165, 1.54) is 22.3 Å². The maximum atomic E-state index is 12.3. The van der Waals surface area contributed by atoms with Gasteiger partial charge in [0, 0.05) is 57.4 Å². The molecular formula is C62H65NO9. The molecule has 6 aromatic rings. The average Bonchev–Trinajstić information content (AvgIpc) is 3.50. The van der Waals surface area contributed by atoms with Gasteiger partial charge < -0.3 is 38.4 Å². The fourth-order valence-electron chi connectivity index (χ4n) is 11.6. The number of ether oxygens (including phenoxy) is 6. The summed E-state index contributed by atoms with van der Waals surface area (Å²) in [6.45, 7) is 13.1. The molecule has 1 saturated heterocycles. The van der Waals surface area contributed by atoms with E-state index < -0.39 is 23.1 Å². The molecule has 2 aliphatic heterocycles. The summed E-state index contributed by atoms with van der Waals surface area (Å²) in [6.07, 6.45) is 10.4. The van der Waals surface area contributed by atoms with Gasteiger partial charge in [-0.25, -0.2) is 9.59 Å². The number of morpholine rings is 1. The van der Waals surface area contributed by atoms with Crippen LogP contribution in [0.2, 0.25) is 0 Å². The van der Waals surface area contributed by atoms with Crippen molar-refractivity contribution in [2.45, 2.75) is 76.7 Å². The fourth-order valence-corrected chi connectivity index (χ4v) is 11.6. The number of aryl methyl sites for hydroxylation is 1. The van der Waals surface area contributed by atoms with Crippen LogP contribution in [-0.2, 0) is 41.2 Å². The summed E-state index contributed by atoms with van der Waals surface area (Å²) in [7, 11) is 1.72. The quantitative estimate of drug-likeness (QED) is 0.0490. The van der Waals surface area contributed by atoms with Gasteiger partial charge in [0.25, 0.3) is 0 Å². The lowest BCUT2D eigenvalue weighted by molar-refractivity contribution is -0.140. The van der Waals surface area contributed by atoms with E-state index in [1.54, 1.807) is 14.0 Å². The first kappa shape index (κ1) is 48.6. The van der Waals surface area contributed by atoms with Crippen molar-refractivity contribution in [3.63, 3.8) is 0 Å². The van der Waals surface area contributed by atoms with Gasteiger partial charge in [-0.1, -0.05) is 119 Å². The summed E-state index contributed by atoms with van der Waals surface area (Å²) < 4.78 is 34.8. The van der Waals surface area contributed by atoms with Gasteiger partial charge in [-0.3, -0.25) is 0 Å². The topological polar surface area (TPSA) is 113 Å². The molecule has 0 spiro atoms. The molecule has 10 nitrogen and oxygen atoms in total. The van der Waals surface area contributed by atoms with Crippen LogP contribution < -0.4 is 14.4 Å². The maximum Gasteiger partial charge on any atom is 0.508 e. The number of para-hydroxylation sites is 1. The summed E-state index contributed by atoms with van der Waals surface area (Å²) in [5, 5.41) is 14.1. The molecule has 0 bridgehead atoms. The number of hydrogen-bond acceptors (Lipinski definition) is 10. The van der Waals surface area contributed by atoms with Crippen LogP contribution in [0.1, 0.15) is 92.7 Å². The molecule has 1 saturated carbocycles. The highest BCUT2D eigenvalue weighted by atomic mass is 16.7. The Bertz CT molecular complexity index is 3020. The number of benzene rings is 6. The number of esters is 1. The number of hydrogen-bond donors (Lipinski definition) is 1. The number of phenols is 1. The van der Waals surface area contributed by atoms with Gasteiger partial charge in [0.05, 0.1) is 26.9 Å². The van der Waals surface area contributed by atoms with E-state index in [2.05, 4.69) is 122 Å². The maximum absolute atomic E-state index is 12.3. The number of methoxy groups -OCH3 is 1. The first-order chi connectivity index (χ1) is 34.9. The van der Waals surface area contributed by atoms with Crippen molar-refractivity contribution in [1.82, 2.24) is 0 Å². The molecule has 0 radical (unpaired) electrons. The molecule has 3 atom stereocenters. The van der Waals surface area contributed by atoms with Gasteiger partial charge >= 0.3 is 12.1 Å². The zero-order chi connectivity index (χ0) is 50.0. The van der Waals surface area contributed by atoms with E-state index in [0.29, 0.717) is 25.7 Å². The second kappa shape index (κ2) is 20.6. The number of anilines is 1. The third kappa shape index (κ3) is 9.45. The molecule has 10 rings (SSSR count). The van der Waals surface area contributed by atoms with Crippen LogP contribution in [0.4, 0.5) is 10.5 Å². The lowest BCUT2D eigenvalue weighted by atomic mass is 9.76. The van der Waals surface area contributed by atoms with Crippen molar-refractivity contribution < 1.29 is 43.1 Å². The Balaban J connectivity index is 0.982. The minimum absolute atomic E-state index is 0.0500. The molecule has 2 fully saturated rings. The first-order valence-electron chi connectivity index (χ1n) is 25.6. The molecule has 0 amide bonds. The largest absolute Gasteiger partial charge is 0.508 e. The van der Waals surface area contributed by atoms with Gasteiger partial charge in [-0.2, -0.15) is 0 Å². The molecule has 3 unspecified atom stereocenters. The molecule has 10 heteroatoms. The average molecular weight is 968 g/mol. The molecular weight excluding hydrogens is 903 g/mol. The second-order valence-electron chi connectivity index (χ2n) is 20.4. The van der Waals surface area contributed by atoms with Crippen LogP contribution in [-0.4, -0.2) is 70.5 Å². The molecule has 0 aromatic heterocycles. The van der Waals surface area contributed by atoms with E-state index in [9.17, 15) is 14.7 Å². The number of rotatable bonds is 14. The summed E-state index contributed by atoms with van der Waals surface area (Å²) >= 11 is 0. The van der Waals surface area contributed by atoms with E-state index in [4.69, 9.17) is 28.4 Å². The van der Waals surface area contributed by atoms with Crippen LogP contribution in [0.15, 0.2) is 127 Å². The first-order valence-corrected chi connectivity index (χ1v) is 25.6. The minimum Gasteiger partial charge on any atom is -0.508 e. The van der Waals surface area contributed by atoms with E-state index in [1.807, 2.05) is 24.3 Å². The van der Waals surface area contributed by atoms with E-state index in [0.717, 1.165) is 119 Å². The minimum atomic E-state index is -0.955. The van der Waals surface area contributed by atoms with Gasteiger partial charge in [0.15, 0.2) is 5.60 Å². The molecule has 6 aromatic carbocycles. The monoisotopic (exact) mass is 967 g/mol. The van der Waals surface area contributed by atoms with Crippen LogP contribution in [0.3, 0.4) is 0 Å². The number of nitrogens with zero attached hydrogens (tertiary/aromatic N) is 1. The number of phenolic OH excluding ortho intramolecular Hbond substituents is 1. The zero-order valence-corrected chi connectivity index (χ0v) is 42.0. The SMILES string of the molecule is C=C(C)C(=O)OCCOC(=O)OCC1CCCC(CCc2cc3c4c(c5c(c3cc2O)OC(c2ccccc2)(c2ccc(N3CCOCC3)cc2)C=C5)C(C)(C)c2cc(-c3ccccc3OC)ccc2-4)CC1. The van der Waals surface area contributed by atoms with Crippen molar-refractivity contribution in [3.8, 4) is 39.5 Å². The number of carbonyl (C=O) groups excluding carboxylic acids is 2. The fraction of sp³-hybridized carbons (Fsp3) is 0.355. The standard InChI is InChI=1S/C62H65NO9/c1-40(2)59(65)69-34-35-70-60(66)71-39-42-13-11-12-41(18-19-42)20-21-44-36-51-52(38-54(44)64)58-50(57-56(51)49-27-22-43(37-53(49)61(57,3)4)48-16-9-10-17-55(48)67-5)28-29-62(72-58,45-14-7-6-8-15-45)46-23-25-47(26-24-46)63-30-32-68-33-31-63/h6-10,14-17,22-29,36-38,41-42,64H,1,11-13,18-21,30-35,39H2,2-5H3. The van der Waals surface area contributed by atoms with Crippen molar-refractivity contribution >= 4 is 34.7 Å². The van der Waals surface area contributed by atoms with Gasteiger partial charge in [-0.05, 0) is 126 Å². The Labute approximate surface area is 423 Å². The number of fused-ring (bicyclic) bond motifs is 8. The summed E-state index contributed by atoms with van der Waals surface area (Å²) in [4.78, 5) is 26.3. The smallest absolute Gasteiger partial charge is 0.508 e. The highest BCUT2D eigenvalue weighted by Gasteiger charge is 2.45. The van der Waals surface area contributed by atoms with Gasteiger partial charge in [-0.15, -0.1) is 0 Å². The highest BCUT2D eigenvalue weighted by molar-refractivity contribution is 6.09. The third-order valence-electron chi connectivity index (χ3n) is 15.5. The zero-order valence-electron chi connectivity index (χ0n) is 42.0. The predicted octanol–water partition coefficient (Wildman–Crippen LogP) is 13.1. The van der Waals surface area contributed by atoms with Crippen LogP contribution >= 0.6 is 0 Å². The highest BCUT2D eigenvalue weighted by Crippen LogP contribution is 2.59. The molecule has 1 N–H and O–H groups in total. The summed E-state index contributed by atoms with van der Waals surface area (Å²) in [5.41, 5.74) is 11.0. The van der Waals surface area contributed by atoms with Crippen molar-refractivity contribution in [1.29, 1.82) is 0 Å². The van der Waals surface area contributed by atoms with Gasteiger partial charge in [0.1, 0.15) is 30.5 Å². The third-order valence-corrected chi connectivity index (χ3v) is 15.5. The summed E-state index contributed by atoms with van der Waals surface area (Å²) in [5.74, 6) is 2.02. The van der Waals surface area contributed by atoms with Gasteiger partial charge in [0.2, 0.25) is 0 Å². The van der Waals surface area contributed by atoms with Crippen LogP contribution in [0, 0.1) is 11.8 Å². The van der Waals surface area contributed by atoms with Crippen molar-refractivity contribution in [2.75, 3.05) is 58.1 Å². The number of aromatic hydroxyl groups is 1. The second-order valence-corrected chi connectivity index (χ2v) is 20.4. The van der Waals surface area contributed by atoms with Crippen LogP contribution in [0.5, 0.6) is 17.2 Å². The normalized spacial score (nSPS) is 19.8. The Morgan fingerprint density at radius 2 is 1.51 bits per heavy atom. The molecule has 72 heavy (non-hydrogen) atoms. The van der Waals surface area contributed by atoms with E-state index >= 15 is 0 Å². The Morgan fingerprint density at radius 3 is 2.29 bits per heavy atom. The Morgan fingerprint density at radius 1 is 0.792 bits per heavy atom. The molecule has 372 valence electrons. The van der Waals surface area contributed by atoms with Crippen molar-refractivity contribution in [2.24, 2.45) is 11.8 Å². The number of carbonyl (C=O) groups is 2. The Hall–Kier alpha value is -7.04. The van der Waals surface area contributed by atoms with Crippen LogP contribution in [0.25, 0.3) is 39.1 Å². The lowest BCUT2D eigenvalue weighted by Gasteiger charge is -2.39. The molecule has 2 heterocycles. The molecule has 4 aliphatic rings. The predicted molar refractivity (Wildman–Crippen MR) is 283 cm³/mol.